The summed E-state index contributed by atoms with van der Waals surface area (Å²) in [7, 11) is 0. The summed E-state index contributed by atoms with van der Waals surface area (Å²) in [5.41, 5.74) is -0.585. The third kappa shape index (κ3) is 5.86. The molecule has 0 aliphatic carbocycles. The highest BCUT2D eigenvalue weighted by molar-refractivity contribution is 5.95. The second kappa shape index (κ2) is 10.3. The molecule has 1 unspecified atom stereocenters. The van der Waals surface area contributed by atoms with Crippen LogP contribution in [0.1, 0.15) is 28.2 Å². The maximum Gasteiger partial charge on any atom is 0.400 e. The van der Waals surface area contributed by atoms with Crippen molar-refractivity contribution in [3.8, 4) is 5.75 Å². The Balaban J connectivity index is 1.85. The van der Waals surface area contributed by atoms with Crippen molar-refractivity contribution < 1.29 is 49.8 Å². The molecule has 1 aromatic carbocycles. The van der Waals surface area contributed by atoms with Crippen molar-refractivity contribution in [2.75, 3.05) is 6.61 Å². The first-order chi connectivity index (χ1) is 16.7. The molecule has 2 heterocycles. The van der Waals surface area contributed by atoms with Gasteiger partial charge in [0.25, 0.3) is 5.91 Å². The molecular formula is C22H19F8N3O3. The number of carbonyl (C=O) groups is 1. The van der Waals surface area contributed by atoms with Crippen molar-refractivity contribution >= 4 is 11.6 Å². The minimum Gasteiger partial charge on any atom is -0.485 e. The molecule has 6 nitrogen and oxygen atoms in total. The number of aliphatic hydroxyl groups excluding tert-OH is 1. The van der Waals surface area contributed by atoms with Crippen LogP contribution >= 0.6 is 0 Å². The van der Waals surface area contributed by atoms with Crippen molar-refractivity contribution in [2.24, 2.45) is 5.92 Å². The molecule has 0 fully saturated rings. The maximum atomic E-state index is 13.9. The topological polar surface area (TPSA) is 75.9 Å². The van der Waals surface area contributed by atoms with Crippen LogP contribution in [0.4, 0.5) is 35.1 Å². The van der Waals surface area contributed by atoms with Crippen LogP contribution in [0.15, 0.2) is 36.5 Å². The van der Waals surface area contributed by atoms with Gasteiger partial charge in [0, 0.05) is 6.20 Å². The number of hydrogen-bond donors (Lipinski definition) is 2. The SMILES string of the molecule is Cc1nc2c(OCc3c(F)cccc3F)cccn2c1C(=O)NC(CO)CC(C(F)(F)F)C(F)(F)F. The molecule has 14 heteroatoms. The van der Waals surface area contributed by atoms with E-state index in [1.54, 1.807) is 0 Å². The first kappa shape index (κ1) is 27.2. The Bertz CT molecular complexity index is 1210. The van der Waals surface area contributed by atoms with E-state index in [0.717, 1.165) is 16.5 Å². The molecule has 3 rings (SSSR count). The van der Waals surface area contributed by atoms with Gasteiger partial charge in [0.05, 0.1) is 23.9 Å². The molecule has 2 N–H and O–H groups in total. The number of aliphatic hydroxyl groups is 1. The predicted molar refractivity (Wildman–Crippen MR) is 109 cm³/mol. The van der Waals surface area contributed by atoms with Crippen molar-refractivity contribution in [3.05, 3.63) is 65.1 Å². The highest BCUT2D eigenvalue weighted by atomic mass is 19.4. The van der Waals surface area contributed by atoms with Gasteiger partial charge in [-0.3, -0.25) is 9.20 Å². The van der Waals surface area contributed by atoms with Gasteiger partial charge in [0.2, 0.25) is 0 Å². The summed E-state index contributed by atoms with van der Waals surface area (Å²) >= 11 is 0. The van der Waals surface area contributed by atoms with E-state index in [1.165, 1.54) is 31.3 Å². The second-order valence-electron chi connectivity index (χ2n) is 7.83. The van der Waals surface area contributed by atoms with Crippen molar-refractivity contribution in [3.63, 3.8) is 0 Å². The number of nitrogens with zero attached hydrogens (tertiary/aromatic N) is 2. The third-order valence-corrected chi connectivity index (χ3v) is 5.30. The van der Waals surface area contributed by atoms with Gasteiger partial charge in [0.15, 0.2) is 17.3 Å². The summed E-state index contributed by atoms with van der Waals surface area (Å²) < 4.78 is 112. The van der Waals surface area contributed by atoms with Gasteiger partial charge in [0.1, 0.15) is 23.9 Å². The number of fused-ring (bicyclic) bond motifs is 1. The van der Waals surface area contributed by atoms with E-state index >= 15 is 0 Å². The lowest BCUT2D eigenvalue weighted by molar-refractivity contribution is -0.287. The Morgan fingerprint density at radius 2 is 1.69 bits per heavy atom. The molecule has 1 atom stereocenters. The van der Waals surface area contributed by atoms with Crippen molar-refractivity contribution in [1.82, 2.24) is 14.7 Å². The minimum atomic E-state index is -5.64. The number of nitrogens with one attached hydrogen (secondary N) is 1. The normalized spacial score (nSPS) is 13.3. The number of imidazole rings is 1. The molecule has 1 amide bonds. The molecule has 2 aromatic heterocycles. The van der Waals surface area contributed by atoms with E-state index in [9.17, 15) is 45.0 Å². The molecule has 0 saturated heterocycles. The molecule has 0 bridgehead atoms. The third-order valence-electron chi connectivity index (χ3n) is 5.30. The molecular weight excluding hydrogens is 506 g/mol. The van der Waals surface area contributed by atoms with Gasteiger partial charge in [-0.1, -0.05) is 6.07 Å². The summed E-state index contributed by atoms with van der Waals surface area (Å²) in [5.74, 6) is -6.57. The number of carbonyl (C=O) groups excluding carboxylic acids is 1. The second-order valence-corrected chi connectivity index (χ2v) is 7.83. The Kier molecular flexibility index (Phi) is 7.76. The fraction of sp³-hybridized carbons (Fsp3) is 0.364. The summed E-state index contributed by atoms with van der Waals surface area (Å²) in [6, 6.07) is 4.12. The average molecular weight is 525 g/mol. The lowest BCUT2D eigenvalue weighted by atomic mass is 9.98. The number of aryl methyl sites for hydroxylation is 1. The number of alkyl halides is 6. The number of amides is 1. The minimum absolute atomic E-state index is 0.000838. The van der Waals surface area contributed by atoms with Gasteiger partial charge in [-0.15, -0.1) is 0 Å². The summed E-state index contributed by atoms with van der Waals surface area (Å²) in [5, 5.41) is 11.3. The van der Waals surface area contributed by atoms with Crippen LogP contribution in [0.2, 0.25) is 0 Å². The van der Waals surface area contributed by atoms with Gasteiger partial charge < -0.3 is 15.2 Å². The number of pyridine rings is 1. The van der Waals surface area contributed by atoms with Crippen molar-refractivity contribution in [1.29, 1.82) is 0 Å². The Morgan fingerprint density at radius 3 is 2.25 bits per heavy atom. The highest BCUT2D eigenvalue weighted by Gasteiger charge is 2.57. The zero-order valence-electron chi connectivity index (χ0n) is 18.4. The van der Waals surface area contributed by atoms with Gasteiger partial charge in [-0.25, -0.2) is 13.8 Å². The molecule has 36 heavy (non-hydrogen) atoms. The van der Waals surface area contributed by atoms with Crippen LogP contribution in [-0.2, 0) is 6.61 Å². The van der Waals surface area contributed by atoms with E-state index < -0.39 is 61.5 Å². The Labute approximate surface area is 198 Å². The lowest BCUT2D eigenvalue weighted by Crippen LogP contribution is -2.45. The van der Waals surface area contributed by atoms with Crippen LogP contribution in [0.3, 0.4) is 0 Å². The van der Waals surface area contributed by atoms with Crippen molar-refractivity contribution in [2.45, 2.75) is 38.3 Å². The van der Waals surface area contributed by atoms with E-state index in [1.807, 2.05) is 5.32 Å². The molecule has 0 aliphatic heterocycles. The smallest absolute Gasteiger partial charge is 0.400 e. The first-order valence-corrected chi connectivity index (χ1v) is 10.3. The number of benzene rings is 1. The van der Waals surface area contributed by atoms with Crippen LogP contribution < -0.4 is 10.1 Å². The molecule has 0 saturated carbocycles. The Morgan fingerprint density at radius 1 is 1.08 bits per heavy atom. The summed E-state index contributed by atoms with van der Waals surface area (Å²) in [6.45, 7) is -0.369. The zero-order valence-corrected chi connectivity index (χ0v) is 18.4. The predicted octanol–water partition coefficient (Wildman–Crippen LogP) is 4.72. The molecule has 0 spiro atoms. The van der Waals surface area contributed by atoms with Crippen LogP contribution in [0, 0.1) is 24.5 Å². The van der Waals surface area contributed by atoms with Crippen LogP contribution in [-0.4, -0.2) is 45.4 Å². The Hall–Kier alpha value is -3.42. The fourth-order valence-corrected chi connectivity index (χ4v) is 3.53. The monoisotopic (exact) mass is 525 g/mol. The van der Waals surface area contributed by atoms with E-state index in [2.05, 4.69) is 4.98 Å². The maximum absolute atomic E-state index is 13.9. The molecule has 0 radical (unpaired) electrons. The van der Waals surface area contributed by atoms with Gasteiger partial charge >= 0.3 is 12.4 Å². The quantitative estimate of drug-likeness (QED) is 0.418. The van der Waals surface area contributed by atoms with Crippen LogP contribution in [0.25, 0.3) is 5.65 Å². The van der Waals surface area contributed by atoms with Crippen LogP contribution in [0.5, 0.6) is 5.75 Å². The average Bonchev–Trinajstić information content (AvgIpc) is 3.11. The van der Waals surface area contributed by atoms with E-state index in [4.69, 9.17) is 4.74 Å². The number of ether oxygens (including phenoxy) is 1. The zero-order chi connectivity index (χ0) is 26.8. The van der Waals surface area contributed by atoms with Gasteiger partial charge in [-0.2, -0.15) is 26.3 Å². The van der Waals surface area contributed by atoms with E-state index in [0.29, 0.717) is 0 Å². The molecule has 196 valence electrons. The standard InChI is InChI=1S/C22H19F8N3O3/c1-11-18(20(35)32-12(9-34)8-17(21(25,26)27)22(28,29)30)33-7-3-6-16(19(33)31-11)36-10-13-14(23)4-2-5-15(13)24/h2-7,12,17,34H,8-10H2,1H3,(H,32,35). The number of halogens is 8. The number of hydrogen-bond acceptors (Lipinski definition) is 4. The summed E-state index contributed by atoms with van der Waals surface area (Å²) in [6.07, 6.45) is -11.6. The largest absolute Gasteiger partial charge is 0.485 e. The summed E-state index contributed by atoms with van der Waals surface area (Å²) in [4.78, 5) is 16.9. The molecule has 3 aromatic rings. The van der Waals surface area contributed by atoms with E-state index in [-0.39, 0.29) is 28.3 Å². The fourth-order valence-electron chi connectivity index (χ4n) is 3.53. The van der Waals surface area contributed by atoms with Gasteiger partial charge in [-0.05, 0) is 37.6 Å². The molecule has 0 aliphatic rings. The highest BCUT2D eigenvalue weighted by Crippen LogP contribution is 2.42. The number of rotatable bonds is 8. The number of aromatic nitrogens is 2. The first-order valence-electron chi connectivity index (χ1n) is 10.3. The lowest BCUT2D eigenvalue weighted by Gasteiger charge is -2.26.